The van der Waals surface area contributed by atoms with E-state index in [9.17, 15) is 90.4 Å². The second-order valence-electron chi connectivity index (χ2n) is 31.6. The maximum absolute atomic E-state index is 13.7. The van der Waals surface area contributed by atoms with Gasteiger partial charge < -0.3 is 56.6 Å². The number of nitrogens with one attached hydrogen (secondary N) is 8. The van der Waals surface area contributed by atoms with Crippen LogP contribution in [0.4, 0.5) is 45.5 Å². The van der Waals surface area contributed by atoms with Crippen LogP contribution in [0.3, 0.4) is 0 Å². The van der Waals surface area contributed by atoms with Gasteiger partial charge in [0.25, 0.3) is 5.91 Å². The summed E-state index contributed by atoms with van der Waals surface area (Å²) in [5, 5.41) is 92.1. The van der Waals surface area contributed by atoms with Gasteiger partial charge in [-0.15, -0.1) is 0 Å². The van der Waals surface area contributed by atoms with E-state index in [1.54, 1.807) is 60.7 Å². The number of Topliss-reactive ketones (excluding diaryl/α,β-unsaturated/α-hetero) is 3. The highest BCUT2D eigenvalue weighted by Gasteiger charge is 2.54. The summed E-state index contributed by atoms with van der Waals surface area (Å²) in [6.07, 6.45) is 8.89. The van der Waals surface area contributed by atoms with Crippen LogP contribution in [0, 0.1) is 35.5 Å². The third-order valence-corrected chi connectivity index (χ3v) is 26.8. The van der Waals surface area contributed by atoms with Crippen LogP contribution in [-0.4, -0.2) is 173 Å². The van der Waals surface area contributed by atoms with Crippen LogP contribution < -0.4 is 39.0 Å². The molecule has 6 saturated heterocycles. The summed E-state index contributed by atoms with van der Waals surface area (Å²) in [4.78, 5) is 59.8. The lowest BCUT2D eigenvalue weighted by Crippen LogP contribution is -2.53. The van der Waals surface area contributed by atoms with Crippen LogP contribution in [-0.2, 0) is 83.5 Å². The Hall–Kier alpha value is -11.2. The third-order valence-electron chi connectivity index (χ3n) is 23.9. The van der Waals surface area contributed by atoms with Crippen molar-refractivity contribution in [1.29, 1.82) is 0 Å². The van der Waals surface area contributed by atoms with Crippen LogP contribution in [0.5, 0.6) is 51.7 Å². The van der Waals surface area contributed by atoms with E-state index in [0.717, 1.165) is 71.9 Å². The van der Waals surface area contributed by atoms with Crippen LogP contribution in [0.2, 0.25) is 0 Å². The van der Waals surface area contributed by atoms with E-state index >= 15 is 0 Å². The van der Waals surface area contributed by atoms with Gasteiger partial charge >= 0.3 is 30.6 Å². The molecule has 6 fully saturated rings. The molecule has 0 radical (unpaired) electrons. The van der Waals surface area contributed by atoms with Crippen molar-refractivity contribution in [2.75, 3.05) is 60.1 Å². The number of nitrogens with zero attached hydrogens (tertiary/aromatic N) is 3. The third kappa shape index (κ3) is 17.3. The number of fused-ring (bicyclic) bond motifs is 9. The van der Waals surface area contributed by atoms with Crippen molar-refractivity contribution in [1.82, 2.24) is 14.7 Å². The SMILES string of the molecule is CC(C)Nc1cc(C(=O)Nc2ccc(O)c(O)c2)ccc1O.CN1C2CCC1C(Cc1ccc(O)c(O)c1)C(=O)C2Cc1ccc(O)c(O)c1.CN1C2CCC1C(Cc1ccc3c(c1)NS(=O)(=O)N3)C(=O)C2Cc1ccc(O)c(O)c1.CN1C2CCC1C(Cc1ccc3c(c1)NS(=O)(=O)N3)C(=O)C2Cc1ccc2c(c1)NS(=O)(=O)N2. The molecule has 1 amide bonds. The number of carbonyl (C=O) groups is 4. The summed E-state index contributed by atoms with van der Waals surface area (Å²) < 4.78 is 85.4. The van der Waals surface area contributed by atoms with Gasteiger partial charge in [-0.3, -0.25) is 62.2 Å². The summed E-state index contributed by atoms with van der Waals surface area (Å²) in [6, 6.07) is 40.0. The normalized spacial score (nSPS) is 25.3. The minimum Gasteiger partial charge on any atom is -0.506 e. The highest BCUT2D eigenvalue weighted by Crippen LogP contribution is 2.48. The topological polar surface area (TPSA) is 459 Å². The van der Waals surface area contributed by atoms with E-state index in [2.05, 4.69) is 74.8 Å². The van der Waals surface area contributed by atoms with Gasteiger partial charge in [0.2, 0.25) is 0 Å². The van der Waals surface area contributed by atoms with Crippen LogP contribution >= 0.6 is 0 Å². The summed E-state index contributed by atoms with van der Waals surface area (Å²) >= 11 is 0. The Morgan fingerprint density at radius 3 is 0.896 bits per heavy atom. The number of hydrogen-bond acceptors (Lipinski definition) is 23. The number of phenolic OH excluding ortho intramolecular Hbond substituents is 9. The Morgan fingerprint density at radius 1 is 0.348 bits per heavy atom. The predicted molar refractivity (Wildman–Crippen MR) is 434 cm³/mol. The number of aromatic hydroxyl groups is 9. The molecule has 9 aliphatic rings. The number of phenols is 9. The monoisotopic (exact) mass is 1630 g/mol. The average Bonchev–Trinajstić information content (AvgIpc) is 1.64. The molecule has 17 rings (SSSR count). The van der Waals surface area contributed by atoms with Crippen molar-refractivity contribution in [2.45, 2.75) is 133 Å². The minimum atomic E-state index is -3.56. The molecule has 9 heterocycles. The Kier molecular flexibility index (Phi) is 22.3. The quantitative estimate of drug-likeness (QED) is 0.0316. The molecule has 8 aromatic rings. The first-order valence-corrected chi connectivity index (χ1v) is 42.5. The fourth-order valence-electron chi connectivity index (χ4n) is 18.4. The zero-order chi connectivity index (χ0) is 82.0. The fourth-order valence-corrected chi connectivity index (χ4v) is 21.3. The Balaban J connectivity index is 0.000000128. The van der Waals surface area contributed by atoms with Gasteiger partial charge in [-0.05, 0) is 249 Å². The molecule has 0 aliphatic carbocycles. The molecule has 12 atom stereocenters. The molecule has 33 heteroatoms. The Morgan fingerprint density at radius 2 is 0.609 bits per heavy atom. The zero-order valence-electron chi connectivity index (χ0n) is 63.5. The van der Waals surface area contributed by atoms with Gasteiger partial charge in [0, 0.05) is 95.1 Å². The van der Waals surface area contributed by atoms with Gasteiger partial charge in [0.1, 0.15) is 23.1 Å². The van der Waals surface area contributed by atoms with Crippen molar-refractivity contribution < 1.29 is 90.4 Å². The molecule has 6 bridgehead atoms. The molecule has 115 heavy (non-hydrogen) atoms. The van der Waals surface area contributed by atoms with E-state index in [1.807, 2.05) is 32.0 Å². The molecule has 0 saturated carbocycles. The van der Waals surface area contributed by atoms with E-state index in [4.69, 9.17) is 0 Å². The van der Waals surface area contributed by atoms with Crippen molar-refractivity contribution in [3.8, 4) is 51.7 Å². The zero-order valence-corrected chi connectivity index (χ0v) is 66.0. The molecule has 9 aliphatic heterocycles. The maximum atomic E-state index is 13.7. The first kappa shape index (κ1) is 80.4. The van der Waals surface area contributed by atoms with Crippen LogP contribution in [0.25, 0.3) is 0 Å². The molecule has 8 aromatic carbocycles. The van der Waals surface area contributed by atoms with Gasteiger partial charge in [-0.25, -0.2) is 0 Å². The number of anilines is 8. The van der Waals surface area contributed by atoms with Gasteiger partial charge in [0.15, 0.2) is 46.0 Å². The van der Waals surface area contributed by atoms with Crippen molar-refractivity contribution in [2.24, 2.45) is 35.5 Å². The first-order chi connectivity index (χ1) is 54.5. The number of hydrogen-bond donors (Lipinski definition) is 17. The van der Waals surface area contributed by atoms with E-state index < -0.39 is 36.5 Å². The van der Waals surface area contributed by atoms with Crippen molar-refractivity contribution in [3.63, 3.8) is 0 Å². The molecule has 30 nitrogen and oxygen atoms in total. The first-order valence-electron chi connectivity index (χ1n) is 38.0. The number of carbonyl (C=O) groups excluding carboxylic acids is 4. The summed E-state index contributed by atoms with van der Waals surface area (Å²) in [5.41, 5.74) is 9.46. The molecule has 0 spiro atoms. The van der Waals surface area contributed by atoms with E-state index in [-0.39, 0.29) is 147 Å². The van der Waals surface area contributed by atoms with Crippen LogP contribution in [0.1, 0.15) is 96.1 Å². The van der Waals surface area contributed by atoms with E-state index in [1.165, 1.54) is 66.7 Å². The second-order valence-corrected chi connectivity index (χ2v) is 35.9. The Bertz CT molecular complexity index is 5350. The molecule has 17 N–H and O–H groups in total. The predicted octanol–water partition coefficient (Wildman–Crippen LogP) is 9.61. The summed E-state index contributed by atoms with van der Waals surface area (Å²) in [6.45, 7) is 3.84. The fraction of sp³-hybridized carbons (Fsp3) is 0.366. The molecular weight excluding hydrogens is 1540 g/mol. The average molecular weight is 1630 g/mol. The number of ketones is 3. The smallest absolute Gasteiger partial charge is 0.321 e. The van der Waals surface area contributed by atoms with Gasteiger partial charge in [0.05, 0.1) is 39.8 Å². The van der Waals surface area contributed by atoms with Crippen molar-refractivity contribution >= 4 is 99.4 Å². The largest absolute Gasteiger partial charge is 0.506 e. The van der Waals surface area contributed by atoms with Crippen LogP contribution in [0.15, 0.2) is 146 Å². The highest BCUT2D eigenvalue weighted by molar-refractivity contribution is 7.95. The number of rotatable bonds is 16. The minimum absolute atomic E-state index is 0.0625. The Labute approximate surface area is 665 Å². The molecule has 608 valence electrons. The standard InChI is InChI=1S/C22H25N5O5S2.C22H25N3O5S.C22H25NO5.C16H18N2O4/c1-27-20-6-7-21(27)15(9-13-3-5-17-19(11-13)26-34(31,32)24-17)22(28)14(20)8-12-2-4-16-18(10-12)25-33(29,30)23-16;1-25-18-5-6-19(25)15(9-13-3-7-20(26)21(27)11-13)22(28)14(18)8-12-2-4-16-17(10-12)24-31(29,30)23-16;1-23-16-4-5-17(23)15(9-13-3-7-19(25)21(27)11-13)22(28)14(16)8-12-2-6-18(24)20(26)10-12;1-9(2)17-12-7-10(3-5-13(12)19)16(22)18-11-4-6-14(20)15(21)8-11/h2-5,10-11,14-15,20-21,23-26H,6-9H2,1H3;2-4,7,10-11,14-15,18-19,23-24,26-27H,5-6,8-9H2,1H3;2-3,6-7,10-11,14-17,24-27H,4-5,8-9H2,1H3;3-9,17,19-21H,1-2H3,(H,18,22). The lowest BCUT2D eigenvalue weighted by Gasteiger charge is -2.41. The number of amides is 1. The second kappa shape index (κ2) is 31.9. The highest BCUT2D eigenvalue weighted by atomic mass is 32.2. The number of benzene rings is 8. The molecular formula is C82H93N11O19S3. The molecule has 12 unspecified atom stereocenters. The lowest BCUT2D eigenvalue weighted by molar-refractivity contribution is -0.135. The van der Waals surface area contributed by atoms with E-state index in [0.29, 0.717) is 89.6 Å². The lowest BCUT2D eigenvalue weighted by atomic mass is 9.76. The van der Waals surface area contributed by atoms with Gasteiger partial charge in [-0.1, -0.05) is 36.4 Å². The summed E-state index contributed by atoms with van der Waals surface area (Å²) in [5.74, 6) is -2.36. The number of piperidine rings is 3. The van der Waals surface area contributed by atoms with Gasteiger partial charge in [-0.2, -0.15) is 25.3 Å². The van der Waals surface area contributed by atoms with Crippen molar-refractivity contribution in [3.05, 3.63) is 185 Å². The molecule has 0 aromatic heterocycles. The summed E-state index contributed by atoms with van der Waals surface area (Å²) in [7, 11) is -4.45. The maximum Gasteiger partial charge on any atom is 0.321 e.